The number of rotatable bonds is 8. The number of aromatic hydroxyl groups is 1. The van der Waals surface area contributed by atoms with Crippen LogP contribution in [0.1, 0.15) is 37.4 Å². The number of amides is 1. The number of phenolic OH excluding ortho intramolecular Hbond substituents is 1. The van der Waals surface area contributed by atoms with Crippen molar-refractivity contribution < 1.29 is 33.4 Å². The molecule has 1 N–H and O–H groups in total. The molecule has 4 aromatic carbocycles. The molecule has 0 aliphatic rings. The number of anilines is 2. The third-order valence-electron chi connectivity index (χ3n) is 6.09. The van der Waals surface area contributed by atoms with Crippen molar-refractivity contribution in [1.29, 1.82) is 0 Å². The topological polar surface area (TPSA) is 93.1 Å². The molecule has 40 heavy (non-hydrogen) atoms. The number of para-hydroxylation sites is 1. The van der Waals surface area contributed by atoms with E-state index in [1.165, 1.54) is 47.4 Å². The Morgan fingerprint density at radius 3 is 2.15 bits per heavy atom. The van der Waals surface area contributed by atoms with Crippen molar-refractivity contribution >= 4 is 40.8 Å². The van der Waals surface area contributed by atoms with E-state index in [4.69, 9.17) is 21.1 Å². The highest BCUT2D eigenvalue weighted by atomic mass is 35.5. The third-order valence-corrected chi connectivity index (χ3v) is 6.41. The second-order valence-electron chi connectivity index (χ2n) is 8.84. The van der Waals surface area contributed by atoms with Crippen LogP contribution in [0.5, 0.6) is 5.75 Å². The first-order chi connectivity index (χ1) is 19.2. The highest BCUT2D eigenvalue weighted by molar-refractivity contribution is 6.35. The molecule has 0 heterocycles. The Morgan fingerprint density at radius 1 is 0.800 bits per heavy atom. The fourth-order valence-electron chi connectivity index (χ4n) is 4.06. The number of benzene rings is 4. The van der Waals surface area contributed by atoms with Crippen molar-refractivity contribution in [2.45, 2.75) is 13.8 Å². The van der Waals surface area contributed by atoms with E-state index in [2.05, 4.69) is 0 Å². The Kier molecular flexibility index (Phi) is 8.81. The zero-order chi connectivity index (χ0) is 28.8. The van der Waals surface area contributed by atoms with Crippen LogP contribution >= 0.6 is 11.6 Å². The van der Waals surface area contributed by atoms with Crippen LogP contribution < -0.4 is 4.90 Å². The van der Waals surface area contributed by atoms with Crippen LogP contribution in [0.25, 0.3) is 0 Å². The smallest absolute Gasteiger partial charge is 0.419 e. The summed E-state index contributed by atoms with van der Waals surface area (Å²) < 4.78 is 24.3. The zero-order valence-electron chi connectivity index (χ0n) is 21.7. The Balaban J connectivity index is 1.55. The van der Waals surface area contributed by atoms with Gasteiger partial charge in [0.1, 0.15) is 30.3 Å². The van der Waals surface area contributed by atoms with E-state index in [1.807, 2.05) is 19.1 Å². The van der Waals surface area contributed by atoms with Gasteiger partial charge in [-0.25, -0.2) is 18.9 Å². The highest BCUT2D eigenvalue weighted by Crippen LogP contribution is 2.33. The average Bonchev–Trinajstić information content (AvgIpc) is 2.92. The normalized spacial score (nSPS) is 10.6. The predicted molar refractivity (Wildman–Crippen MR) is 149 cm³/mol. The van der Waals surface area contributed by atoms with Gasteiger partial charge in [-0.05, 0) is 73.5 Å². The summed E-state index contributed by atoms with van der Waals surface area (Å²) in [4.78, 5) is 39.8. The maximum atomic E-state index is 13.8. The molecular formula is C31H25ClFNO6. The van der Waals surface area contributed by atoms with Gasteiger partial charge >= 0.3 is 12.1 Å². The lowest BCUT2D eigenvalue weighted by Gasteiger charge is -2.24. The van der Waals surface area contributed by atoms with Gasteiger partial charge in [0.15, 0.2) is 5.78 Å². The monoisotopic (exact) mass is 561 g/mol. The third kappa shape index (κ3) is 6.30. The first-order valence-electron chi connectivity index (χ1n) is 12.3. The molecule has 0 atom stereocenters. The van der Waals surface area contributed by atoms with Crippen LogP contribution in [0.15, 0.2) is 84.9 Å². The summed E-state index contributed by atoms with van der Waals surface area (Å²) in [6, 6.07) is 21.4. The number of ketones is 1. The van der Waals surface area contributed by atoms with Gasteiger partial charge in [-0.1, -0.05) is 48.0 Å². The molecule has 7 nitrogen and oxygen atoms in total. The summed E-state index contributed by atoms with van der Waals surface area (Å²) in [6.45, 7) is 2.88. The number of hydrogen-bond acceptors (Lipinski definition) is 6. The SMILES string of the molecule is Cc1ccccc1C(=O)c1ccc(N(C(=O)OCCOC(=O)c2ccccc2O)c2ccc(F)cc2C)cc1Cl. The van der Waals surface area contributed by atoms with Gasteiger partial charge in [0.05, 0.1) is 16.4 Å². The van der Waals surface area contributed by atoms with Crippen LogP contribution in [0.3, 0.4) is 0 Å². The first kappa shape index (κ1) is 28.3. The van der Waals surface area contributed by atoms with Crippen molar-refractivity contribution in [2.75, 3.05) is 18.1 Å². The van der Waals surface area contributed by atoms with Gasteiger partial charge in [-0.15, -0.1) is 0 Å². The maximum absolute atomic E-state index is 13.8. The van der Waals surface area contributed by atoms with Gasteiger partial charge in [-0.3, -0.25) is 4.79 Å². The molecule has 1 amide bonds. The molecule has 0 aliphatic carbocycles. The first-order valence-corrected chi connectivity index (χ1v) is 12.6. The number of carbonyl (C=O) groups is 3. The number of carbonyl (C=O) groups excluding carboxylic acids is 3. The maximum Gasteiger partial charge on any atom is 0.419 e. The molecule has 0 unspecified atom stereocenters. The lowest BCUT2D eigenvalue weighted by molar-refractivity contribution is 0.0405. The van der Waals surface area contributed by atoms with E-state index >= 15 is 0 Å². The molecule has 9 heteroatoms. The lowest BCUT2D eigenvalue weighted by atomic mass is 9.99. The number of nitrogens with zero attached hydrogens (tertiary/aromatic N) is 1. The van der Waals surface area contributed by atoms with Gasteiger partial charge in [0.2, 0.25) is 0 Å². The van der Waals surface area contributed by atoms with Crippen LogP contribution in [-0.2, 0) is 9.47 Å². The van der Waals surface area contributed by atoms with Crippen molar-refractivity contribution in [3.8, 4) is 5.75 Å². The Hall–Kier alpha value is -4.69. The number of phenols is 1. The molecule has 0 aromatic heterocycles. The number of esters is 1. The van der Waals surface area contributed by atoms with Gasteiger partial charge < -0.3 is 14.6 Å². The average molecular weight is 562 g/mol. The van der Waals surface area contributed by atoms with E-state index in [1.54, 1.807) is 37.3 Å². The Labute approximate surface area is 235 Å². The summed E-state index contributed by atoms with van der Waals surface area (Å²) in [5.41, 5.74) is 2.57. The summed E-state index contributed by atoms with van der Waals surface area (Å²) in [6.07, 6.45) is -0.845. The van der Waals surface area contributed by atoms with E-state index in [0.29, 0.717) is 16.8 Å². The summed E-state index contributed by atoms with van der Waals surface area (Å²) >= 11 is 6.52. The minimum absolute atomic E-state index is 0.0210. The zero-order valence-corrected chi connectivity index (χ0v) is 22.4. The second-order valence-corrected chi connectivity index (χ2v) is 9.25. The number of halogens is 2. The molecule has 0 spiro atoms. The molecule has 204 valence electrons. The molecule has 0 radical (unpaired) electrons. The predicted octanol–water partition coefficient (Wildman–Crippen LogP) is 7.16. The van der Waals surface area contributed by atoms with Crippen LogP contribution in [0.2, 0.25) is 5.02 Å². The molecule has 4 rings (SSSR count). The fraction of sp³-hybridized carbons (Fsp3) is 0.129. The second kappa shape index (κ2) is 12.4. The van der Waals surface area contributed by atoms with Crippen LogP contribution in [0.4, 0.5) is 20.6 Å². The van der Waals surface area contributed by atoms with Crippen LogP contribution in [0, 0.1) is 19.7 Å². The van der Waals surface area contributed by atoms with Gasteiger partial charge in [0.25, 0.3) is 0 Å². The molecule has 0 bridgehead atoms. The summed E-state index contributed by atoms with van der Waals surface area (Å²) in [5, 5.41) is 9.91. The van der Waals surface area contributed by atoms with Crippen molar-refractivity contribution in [2.24, 2.45) is 0 Å². The largest absolute Gasteiger partial charge is 0.507 e. The molecular weight excluding hydrogens is 537 g/mol. The number of hydrogen-bond donors (Lipinski definition) is 1. The number of ether oxygens (including phenoxy) is 2. The van der Waals surface area contributed by atoms with Crippen molar-refractivity contribution in [1.82, 2.24) is 0 Å². The molecule has 0 fully saturated rings. The molecule has 4 aromatic rings. The van der Waals surface area contributed by atoms with Crippen molar-refractivity contribution in [3.63, 3.8) is 0 Å². The van der Waals surface area contributed by atoms with E-state index in [9.17, 15) is 23.9 Å². The van der Waals surface area contributed by atoms with E-state index < -0.39 is 17.9 Å². The Bertz CT molecular complexity index is 1590. The number of aryl methyl sites for hydroxylation is 2. The minimum atomic E-state index is -0.845. The lowest BCUT2D eigenvalue weighted by Crippen LogP contribution is -2.29. The van der Waals surface area contributed by atoms with Crippen molar-refractivity contribution in [3.05, 3.63) is 124 Å². The molecule has 0 saturated heterocycles. The van der Waals surface area contributed by atoms with E-state index in [-0.39, 0.29) is 46.6 Å². The van der Waals surface area contributed by atoms with Gasteiger partial charge in [0, 0.05) is 11.1 Å². The fourth-order valence-corrected chi connectivity index (χ4v) is 4.33. The standard InChI is InChI=1S/C31H25ClFNO6/c1-19-7-3-4-8-23(19)29(36)24-13-12-22(18-26(24)32)34(27-14-11-21(33)17-20(27)2)31(38)40-16-15-39-30(37)25-9-5-6-10-28(25)35/h3-14,17-18,35H,15-16H2,1-2H3. The van der Waals surface area contributed by atoms with E-state index in [0.717, 1.165) is 5.56 Å². The van der Waals surface area contributed by atoms with Crippen LogP contribution in [-0.4, -0.2) is 36.2 Å². The minimum Gasteiger partial charge on any atom is -0.507 e. The highest BCUT2D eigenvalue weighted by Gasteiger charge is 2.24. The van der Waals surface area contributed by atoms with Gasteiger partial charge in [-0.2, -0.15) is 0 Å². The molecule has 0 saturated carbocycles. The quantitative estimate of drug-likeness (QED) is 0.139. The summed E-state index contributed by atoms with van der Waals surface area (Å²) in [7, 11) is 0. The molecule has 0 aliphatic heterocycles. The summed E-state index contributed by atoms with van der Waals surface area (Å²) in [5.74, 6) is -1.76. The Morgan fingerprint density at radius 2 is 1.48 bits per heavy atom.